The molecule has 2 heterocycles. The Kier molecular flexibility index (Phi) is 4.38. The number of piperidine rings is 1. The highest BCUT2D eigenvalue weighted by atomic mass is 16.5. The fourth-order valence-corrected chi connectivity index (χ4v) is 2.34. The second kappa shape index (κ2) is 6.02. The SMILES string of the molecule is COCC1CCN(Cc2cc(C(=O)O)co2)CC1. The van der Waals surface area contributed by atoms with Crippen molar-refractivity contribution in [2.24, 2.45) is 5.92 Å². The number of aromatic carboxylic acids is 1. The number of methoxy groups -OCH3 is 1. The van der Waals surface area contributed by atoms with Crippen LogP contribution in [0.5, 0.6) is 0 Å². The normalized spacial score (nSPS) is 18.1. The summed E-state index contributed by atoms with van der Waals surface area (Å²) in [5.74, 6) is 0.429. The second-order valence-electron chi connectivity index (χ2n) is 4.78. The number of furan rings is 1. The van der Waals surface area contributed by atoms with Crippen LogP contribution < -0.4 is 0 Å². The molecule has 1 aromatic rings. The number of likely N-dealkylation sites (tertiary alicyclic amines) is 1. The average Bonchev–Trinajstić information content (AvgIpc) is 2.81. The summed E-state index contributed by atoms with van der Waals surface area (Å²) < 4.78 is 10.4. The van der Waals surface area contributed by atoms with Gasteiger partial charge in [-0.25, -0.2) is 4.79 Å². The Balaban J connectivity index is 1.82. The van der Waals surface area contributed by atoms with Crippen molar-refractivity contribution in [2.75, 3.05) is 26.8 Å². The molecular weight excluding hydrogens is 234 g/mol. The van der Waals surface area contributed by atoms with Crippen LogP contribution in [0.1, 0.15) is 29.0 Å². The van der Waals surface area contributed by atoms with E-state index in [-0.39, 0.29) is 5.56 Å². The maximum Gasteiger partial charge on any atom is 0.338 e. The van der Waals surface area contributed by atoms with Crippen molar-refractivity contribution in [2.45, 2.75) is 19.4 Å². The molecule has 18 heavy (non-hydrogen) atoms. The van der Waals surface area contributed by atoms with Crippen LogP contribution in [0.4, 0.5) is 0 Å². The molecule has 1 aromatic heterocycles. The molecule has 0 aliphatic carbocycles. The summed E-state index contributed by atoms with van der Waals surface area (Å²) in [6, 6.07) is 1.60. The molecule has 1 fully saturated rings. The molecule has 2 rings (SSSR count). The molecule has 0 aromatic carbocycles. The molecule has 0 radical (unpaired) electrons. The lowest BCUT2D eigenvalue weighted by molar-refractivity contribution is 0.0696. The molecule has 0 bridgehead atoms. The fraction of sp³-hybridized carbons (Fsp3) is 0.615. The van der Waals surface area contributed by atoms with Crippen LogP contribution in [0.2, 0.25) is 0 Å². The first-order chi connectivity index (χ1) is 8.69. The predicted octanol–water partition coefficient (Wildman–Crippen LogP) is 1.84. The van der Waals surface area contributed by atoms with Crippen molar-refractivity contribution in [3.05, 3.63) is 23.7 Å². The third kappa shape index (κ3) is 3.34. The standard InChI is InChI=1S/C13H19NO4/c1-17-8-10-2-4-14(5-3-10)7-12-6-11(9-18-12)13(15)16/h6,9-10H,2-5,7-8H2,1H3,(H,15,16). The third-order valence-corrected chi connectivity index (χ3v) is 3.39. The van der Waals surface area contributed by atoms with Crippen LogP contribution in [0.15, 0.2) is 16.7 Å². The zero-order chi connectivity index (χ0) is 13.0. The Morgan fingerprint density at radius 1 is 1.56 bits per heavy atom. The van der Waals surface area contributed by atoms with Crippen LogP contribution >= 0.6 is 0 Å². The van der Waals surface area contributed by atoms with E-state index in [1.165, 1.54) is 6.26 Å². The van der Waals surface area contributed by atoms with E-state index in [4.69, 9.17) is 14.3 Å². The summed E-state index contributed by atoms with van der Waals surface area (Å²) in [7, 11) is 1.74. The van der Waals surface area contributed by atoms with Crippen molar-refractivity contribution in [3.8, 4) is 0 Å². The number of carboxylic acid groups (broad SMARTS) is 1. The molecule has 0 saturated carbocycles. The molecule has 5 nitrogen and oxygen atoms in total. The molecule has 0 unspecified atom stereocenters. The van der Waals surface area contributed by atoms with Gasteiger partial charge in [0.1, 0.15) is 12.0 Å². The lowest BCUT2D eigenvalue weighted by Gasteiger charge is -2.30. The van der Waals surface area contributed by atoms with Gasteiger partial charge < -0.3 is 14.3 Å². The Hall–Kier alpha value is -1.33. The Bertz CT molecular complexity index is 393. The van der Waals surface area contributed by atoms with Gasteiger partial charge in [0.05, 0.1) is 12.1 Å². The van der Waals surface area contributed by atoms with Gasteiger partial charge in [-0.2, -0.15) is 0 Å². The Morgan fingerprint density at radius 3 is 2.83 bits per heavy atom. The molecule has 5 heteroatoms. The molecule has 1 aliphatic rings. The fourth-order valence-electron chi connectivity index (χ4n) is 2.34. The van der Waals surface area contributed by atoms with Gasteiger partial charge in [0.15, 0.2) is 0 Å². The lowest BCUT2D eigenvalue weighted by Crippen LogP contribution is -2.34. The van der Waals surface area contributed by atoms with Crippen molar-refractivity contribution >= 4 is 5.97 Å². The zero-order valence-electron chi connectivity index (χ0n) is 10.6. The van der Waals surface area contributed by atoms with Crippen molar-refractivity contribution in [3.63, 3.8) is 0 Å². The minimum absolute atomic E-state index is 0.222. The smallest absolute Gasteiger partial charge is 0.338 e. The van der Waals surface area contributed by atoms with Crippen molar-refractivity contribution < 1.29 is 19.1 Å². The van der Waals surface area contributed by atoms with E-state index in [2.05, 4.69) is 4.90 Å². The summed E-state index contributed by atoms with van der Waals surface area (Å²) in [5.41, 5.74) is 0.222. The van der Waals surface area contributed by atoms with Crippen molar-refractivity contribution in [1.82, 2.24) is 4.90 Å². The number of rotatable bonds is 5. The van der Waals surface area contributed by atoms with E-state index in [9.17, 15) is 4.79 Å². The van der Waals surface area contributed by atoms with Gasteiger partial charge in [-0.15, -0.1) is 0 Å². The topological polar surface area (TPSA) is 62.9 Å². The number of nitrogens with zero attached hydrogens (tertiary/aromatic N) is 1. The first-order valence-corrected chi connectivity index (χ1v) is 6.21. The van der Waals surface area contributed by atoms with Crippen LogP contribution in [0.3, 0.4) is 0 Å². The predicted molar refractivity (Wildman–Crippen MR) is 65.5 cm³/mol. The highest BCUT2D eigenvalue weighted by Crippen LogP contribution is 2.19. The molecular formula is C13H19NO4. The molecule has 1 saturated heterocycles. The summed E-state index contributed by atoms with van der Waals surface area (Å²) in [5, 5.41) is 8.81. The van der Waals surface area contributed by atoms with Gasteiger partial charge in [0.25, 0.3) is 0 Å². The van der Waals surface area contributed by atoms with Gasteiger partial charge in [-0.05, 0) is 37.9 Å². The highest BCUT2D eigenvalue weighted by molar-refractivity contribution is 5.87. The van der Waals surface area contributed by atoms with Crippen molar-refractivity contribution in [1.29, 1.82) is 0 Å². The first-order valence-electron chi connectivity index (χ1n) is 6.21. The quantitative estimate of drug-likeness (QED) is 0.867. The van der Waals surface area contributed by atoms with E-state index < -0.39 is 5.97 Å². The maximum atomic E-state index is 10.7. The second-order valence-corrected chi connectivity index (χ2v) is 4.78. The van der Waals surface area contributed by atoms with E-state index in [0.29, 0.717) is 12.5 Å². The Labute approximate surface area is 106 Å². The summed E-state index contributed by atoms with van der Waals surface area (Å²) in [6.07, 6.45) is 3.55. The van der Waals surface area contributed by atoms with Gasteiger partial charge in [-0.3, -0.25) is 4.90 Å². The van der Waals surface area contributed by atoms with E-state index in [1.54, 1.807) is 13.2 Å². The molecule has 0 atom stereocenters. The number of hydrogen-bond donors (Lipinski definition) is 1. The highest BCUT2D eigenvalue weighted by Gasteiger charge is 2.20. The summed E-state index contributed by atoms with van der Waals surface area (Å²) in [6.45, 7) is 3.54. The average molecular weight is 253 g/mol. The molecule has 0 spiro atoms. The Morgan fingerprint density at radius 2 is 2.28 bits per heavy atom. The monoisotopic (exact) mass is 253 g/mol. The van der Waals surface area contributed by atoms with Crippen LogP contribution in [0, 0.1) is 5.92 Å². The molecule has 1 N–H and O–H groups in total. The summed E-state index contributed by atoms with van der Waals surface area (Å²) in [4.78, 5) is 13.0. The molecule has 1 aliphatic heterocycles. The largest absolute Gasteiger partial charge is 0.478 e. The first kappa shape index (κ1) is 13.1. The van der Waals surface area contributed by atoms with Gasteiger partial charge in [-0.1, -0.05) is 0 Å². The lowest BCUT2D eigenvalue weighted by atomic mass is 9.98. The zero-order valence-corrected chi connectivity index (χ0v) is 10.6. The van der Waals surface area contributed by atoms with Crippen LogP contribution in [-0.2, 0) is 11.3 Å². The van der Waals surface area contributed by atoms with E-state index >= 15 is 0 Å². The number of hydrogen-bond acceptors (Lipinski definition) is 4. The minimum atomic E-state index is -0.941. The summed E-state index contributed by atoms with van der Waals surface area (Å²) >= 11 is 0. The van der Waals surface area contributed by atoms with Crippen LogP contribution in [0.25, 0.3) is 0 Å². The maximum absolute atomic E-state index is 10.7. The van der Waals surface area contributed by atoms with E-state index in [1.807, 2.05) is 0 Å². The third-order valence-electron chi connectivity index (χ3n) is 3.39. The number of carbonyl (C=O) groups is 1. The van der Waals surface area contributed by atoms with Gasteiger partial charge in [0, 0.05) is 13.7 Å². The number of ether oxygens (including phenoxy) is 1. The van der Waals surface area contributed by atoms with Crippen LogP contribution in [-0.4, -0.2) is 42.8 Å². The molecule has 0 amide bonds. The minimum Gasteiger partial charge on any atom is -0.478 e. The number of carboxylic acids is 1. The molecule has 100 valence electrons. The van der Waals surface area contributed by atoms with Gasteiger partial charge >= 0.3 is 5.97 Å². The van der Waals surface area contributed by atoms with E-state index in [0.717, 1.165) is 38.3 Å². The van der Waals surface area contributed by atoms with Gasteiger partial charge in [0.2, 0.25) is 0 Å².